The van der Waals surface area contributed by atoms with Crippen LogP contribution >= 0.6 is 0 Å². The number of Topliss-reactive ketones (excluding diaryl/α,β-unsaturated/α-hetero) is 1. The number of carbonyl (C=O) groups excluding carboxylic acids is 1. The van der Waals surface area contributed by atoms with Crippen molar-refractivity contribution >= 4 is 11.8 Å². The zero-order chi connectivity index (χ0) is 24.7. The van der Waals surface area contributed by atoms with Crippen LogP contribution in [0.4, 0.5) is 0 Å². The summed E-state index contributed by atoms with van der Waals surface area (Å²) in [6.45, 7) is 13.3. The Balaban J connectivity index is 4.63. The molecule has 0 heterocycles. The van der Waals surface area contributed by atoms with Gasteiger partial charge in [-0.2, -0.15) is 0 Å². The molecule has 184 valence electrons. The van der Waals surface area contributed by atoms with Gasteiger partial charge in [-0.1, -0.05) is 103 Å². The van der Waals surface area contributed by atoms with Gasteiger partial charge in [0.25, 0.3) is 0 Å². The van der Waals surface area contributed by atoms with Gasteiger partial charge in [0, 0.05) is 17.4 Å². The molecule has 0 bridgehead atoms. The van der Waals surface area contributed by atoms with Gasteiger partial charge in [-0.15, -0.1) is 0 Å². The predicted octanol–water partition coefficient (Wildman–Crippen LogP) is 7.28. The van der Waals surface area contributed by atoms with E-state index in [9.17, 15) is 14.7 Å². The van der Waals surface area contributed by atoms with Gasteiger partial charge < -0.3 is 10.2 Å². The average Bonchev–Trinajstić information content (AvgIpc) is 2.73. The van der Waals surface area contributed by atoms with E-state index in [1.807, 2.05) is 26.0 Å². The van der Waals surface area contributed by atoms with Gasteiger partial charge in [0.1, 0.15) is 0 Å². The fourth-order valence-electron chi connectivity index (χ4n) is 4.14. The number of rotatable bonds is 17. The van der Waals surface area contributed by atoms with Crippen LogP contribution in [0.25, 0.3) is 0 Å². The minimum Gasteiger partial charge on any atom is -0.478 e. The summed E-state index contributed by atoms with van der Waals surface area (Å²) in [5.41, 5.74) is 1.70. The molecule has 0 aliphatic rings. The second-order valence-corrected chi connectivity index (χ2v) is 9.64. The predicted molar refractivity (Wildman–Crippen MR) is 135 cm³/mol. The van der Waals surface area contributed by atoms with Gasteiger partial charge in [-0.3, -0.25) is 4.79 Å². The highest BCUT2D eigenvalue weighted by atomic mass is 16.4. The Morgan fingerprint density at radius 1 is 0.812 bits per heavy atom. The number of aliphatic carboxylic acids is 1. The fraction of sp³-hybridized carbons (Fsp3) is 0.714. The van der Waals surface area contributed by atoms with E-state index in [4.69, 9.17) is 5.11 Å². The summed E-state index contributed by atoms with van der Waals surface area (Å²) >= 11 is 0. The van der Waals surface area contributed by atoms with Crippen LogP contribution in [0.2, 0.25) is 0 Å². The first kappa shape index (κ1) is 30.3. The third-order valence-electron chi connectivity index (χ3n) is 6.24. The monoisotopic (exact) mass is 448 g/mol. The van der Waals surface area contributed by atoms with Gasteiger partial charge in [0.05, 0.1) is 6.10 Å². The molecule has 0 aromatic heterocycles. The summed E-state index contributed by atoms with van der Waals surface area (Å²) in [6.07, 6.45) is 16.3. The van der Waals surface area contributed by atoms with Crippen LogP contribution in [-0.2, 0) is 9.59 Å². The van der Waals surface area contributed by atoms with Crippen molar-refractivity contribution in [3.63, 3.8) is 0 Å². The van der Waals surface area contributed by atoms with Crippen LogP contribution in [0.3, 0.4) is 0 Å². The van der Waals surface area contributed by atoms with Crippen molar-refractivity contribution in [3.05, 3.63) is 34.9 Å². The van der Waals surface area contributed by atoms with Gasteiger partial charge >= 0.3 is 5.97 Å². The molecule has 0 aromatic carbocycles. The maximum Gasteiger partial charge on any atom is 0.330 e. The number of hydrogen-bond acceptors (Lipinski definition) is 3. The Labute approximate surface area is 196 Å². The lowest BCUT2D eigenvalue weighted by Gasteiger charge is -2.23. The van der Waals surface area contributed by atoms with Crippen molar-refractivity contribution in [1.29, 1.82) is 0 Å². The molecule has 4 nitrogen and oxygen atoms in total. The molecule has 0 amide bonds. The minimum atomic E-state index is -1.01. The van der Waals surface area contributed by atoms with E-state index in [0.29, 0.717) is 5.57 Å². The number of carboxylic acid groups (broad SMARTS) is 1. The lowest BCUT2D eigenvalue weighted by Crippen LogP contribution is -2.24. The minimum absolute atomic E-state index is 0.00442. The van der Waals surface area contributed by atoms with Crippen molar-refractivity contribution < 1.29 is 19.8 Å². The van der Waals surface area contributed by atoms with E-state index >= 15 is 0 Å². The summed E-state index contributed by atoms with van der Waals surface area (Å²) in [5, 5.41) is 19.7. The SMILES string of the molecule is CCCCCCCCCC[C@H](C)[C@@H](O)[C@@H](C)/C=C(C)/C=C(\C)C(=O)[C@H](C)/C=C(\C)C(=O)O. The van der Waals surface area contributed by atoms with E-state index in [1.165, 1.54) is 57.9 Å². The number of allylic oxidation sites excluding steroid dienone is 4. The Morgan fingerprint density at radius 2 is 1.34 bits per heavy atom. The first-order valence-electron chi connectivity index (χ1n) is 12.5. The average molecular weight is 449 g/mol. The Bertz CT molecular complexity index is 656. The van der Waals surface area contributed by atoms with Crippen LogP contribution in [0, 0.1) is 17.8 Å². The number of aliphatic hydroxyl groups excluding tert-OH is 1. The standard InChI is InChI=1S/C28H48O4/c1-8-9-10-11-12-13-14-15-16-21(3)26(29)22(4)17-20(2)18-23(5)27(30)24(6)19-25(7)28(31)32/h17-19,21-22,24,26,29H,8-16H2,1-7H3,(H,31,32)/b20-17+,23-18+,25-19+/t21-,22-,24+,26+/m0/s1. The normalized spacial score (nSPS) is 17.1. The topological polar surface area (TPSA) is 74.6 Å². The van der Waals surface area contributed by atoms with Crippen molar-refractivity contribution in [1.82, 2.24) is 0 Å². The van der Waals surface area contributed by atoms with Crippen LogP contribution in [0.15, 0.2) is 34.9 Å². The van der Waals surface area contributed by atoms with E-state index < -0.39 is 18.0 Å². The third kappa shape index (κ3) is 13.0. The van der Waals surface area contributed by atoms with Crippen molar-refractivity contribution in [2.24, 2.45) is 17.8 Å². The second kappa shape index (κ2) is 16.9. The summed E-state index contributed by atoms with van der Waals surface area (Å²) in [6, 6.07) is 0. The van der Waals surface area contributed by atoms with Crippen molar-refractivity contribution in [2.45, 2.75) is 112 Å². The summed E-state index contributed by atoms with van der Waals surface area (Å²) in [4.78, 5) is 23.5. The molecule has 0 aliphatic heterocycles. The van der Waals surface area contributed by atoms with Crippen LogP contribution < -0.4 is 0 Å². The smallest absolute Gasteiger partial charge is 0.330 e. The highest BCUT2D eigenvalue weighted by Gasteiger charge is 2.20. The first-order valence-corrected chi connectivity index (χ1v) is 12.5. The number of carbonyl (C=O) groups is 2. The highest BCUT2D eigenvalue weighted by Crippen LogP contribution is 2.22. The van der Waals surface area contributed by atoms with Crippen LogP contribution in [-0.4, -0.2) is 28.1 Å². The van der Waals surface area contributed by atoms with Crippen LogP contribution in [0.5, 0.6) is 0 Å². The fourth-order valence-corrected chi connectivity index (χ4v) is 4.14. The number of unbranched alkanes of at least 4 members (excludes halogenated alkanes) is 7. The zero-order valence-electron chi connectivity index (χ0n) is 21.6. The van der Waals surface area contributed by atoms with Gasteiger partial charge in [0.2, 0.25) is 0 Å². The van der Waals surface area contributed by atoms with E-state index in [-0.39, 0.29) is 23.2 Å². The number of aliphatic hydroxyl groups is 1. The molecule has 0 aliphatic carbocycles. The third-order valence-corrected chi connectivity index (χ3v) is 6.24. The molecule has 0 unspecified atom stereocenters. The highest BCUT2D eigenvalue weighted by molar-refractivity contribution is 5.99. The molecule has 4 heteroatoms. The number of hydrogen-bond donors (Lipinski definition) is 2. The molecular formula is C28H48O4. The molecule has 0 aromatic rings. The summed E-state index contributed by atoms with van der Waals surface area (Å²) < 4.78 is 0. The summed E-state index contributed by atoms with van der Waals surface area (Å²) in [5.74, 6) is -1.33. The molecule has 0 saturated heterocycles. The maximum atomic E-state index is 12.5. The van der Waals surface area contributed by atoms with Gasteiger partial charge in [-0.25, -0.2) is 4.79 Å². The summed E-state index contributed by atoms with van der Waals surface area (Å²) in [7, 11) is 0. The molecule has 0 fully saturated rings. The van der Waals surface area contributed by atoms with E-state index in [0.717, 1.165) is 18.4 Å². The van der Waals surface area contributed by atoms with Gasteiger partial charge in [0.15, 0.2) is 5.78 Å². The molecular weight excluding hydrogens is 400 g/mol. The first-order chi connectivity index (χ1) is 15.0. The molecule has 0 rings (SSSR count). The lowest BCUT2D eigenvalue weighted by atomic mass is 9.88. The van der Waals surface area contributed by atoms with E-state index in [2.05, 4.69) is 13.8 Å². The zero-order valence-corrected chi connectivity index (χ0v) is 21.6. The quantitative estimate of drug-likeness (QED) is 0.139. The molecule has 32 heavy (non-hydrogen) atoms. The second-order valence-electron chi connectivity index (χ2n) is 9.64. The molecule has 0 spiro atoms. The Morgan fingerprint density at radius 3 is 1.88 bits per heavy atom. The van der Waals surface area contributed by atoms with Crippen molar-refractivity contribution in [3.8, 4) is 0 Å². The Kier molecular flexibility index (Phi) is 16.0. The Hall–Kier alpha value is -1.68. The van der Waals surface area contributed by atoms with Crippen molar-refractivity contribution in [2.75, 3.05) is 0 Å². The van der Waals surface area contributed by atoms with Gasteiger partial charge in [-0.05, 0) is 38.7 Å². The lowest BCUT2D eigenvalue weighted by molar-refractivity contribution is -0.132. The number of carboxylic acids is 1. The number of ketones is 1. The van der Waals surface area contributed by atoms with Crippen LogP contribution in [0.1, 0.15) is 106 Å². The van der Waals surface area contributed by atoms with E-state index in [1.54, 1.807) is 13.8 Å². The molecule has 0 saturated carbocycles. The molecule has 4 atom stereocenters. The maximum absolute atomic E-state index is 12.5. The largest absolute Gasteiger partial charge is 0.478 e. The molecule has 2 N–H and O–H groups in total. The molecule has 0 radical (unpaired) electrons.